The first-order chi connectivity index (χ1) is 14.9. The molecular weight excluding hydrogens is 394 g/mol. The number of benzene rings is 1. The maximum Gasteiger partial charge on any atom is 0.253 e. The first kappa shape index (κ1) is 19.8. The first-order valence-electron chi connectivity index (χ1n) is 10.8. The van der Waals surface area contributed by atoms with Gasteiger partial charge in [-0.3, -0.25) is 9.59 Å². The Kier molecular flexibility index (Phi) is 4.60. The van der Waals surface area contributed by atoms with Crippen molar-refractivity contribution < 1.29 is 14.1 Å². The van der Waals surface area contributed by atoms with Crippen molar-refractivity contribution in [3.63, 3.8) is 0 Å². The van der Waals surface area contributed by atoms with E-state index in [1.54, 1.807) is 13.1 Å². The largest absolute Gasteiger partial charge is 0.360 e. The van der Waals surface area contributed by atoms with E-state index in [2.05, 4.69) is 20.4 Å². The molecular formula is C23H27N5O3. The topological polar surface area (TPSA) is 104 Å². The van der Waals surface area contributed by atoms with Crippen LogP contribution in [0.1, 0.15) is 48.8 Å². The fraction of sp³-hybridized carbons (Fsp3) is 0.478. The fourth-order valence-corrected chi connectivity index (χ4v) is 5.37. The Balaban J connectivity index is 1.39. The number of hydrogen-bond donors (Lipinski definition) is 2. The van der Waals surface area contributed by atoms with Crippen molar-refractivity contribution in [1.82, 2.24) is 25.3 Å². The van der Waals surface area contributed by atoms with Gasteiger partial charge in [0, 0.05) is 42.1 Å². The number of amides is 2. The van der Waals surface area contributed by atoms with Crippen LogP contribution in [0.3, 0.4) is 0 Å². The zero-order valence-electron chi connectivity index (χ0n) is 18.0. The van der Waals surface area contributed by atoms with E-state index in [0.29, 0.717) is 36.8 Å². The van der Waals surface area contributed by atoms with E-state index in [-0.39, 0.29) is 29.7 Å². The summed E-state index contributed by atoms with van der Waals surface area (Å²) in [6, 6.07) is 7.76. The zero-order valence-corrected chi connectivity index (χ0v) is 18.0. The fourth-order valence-electron chi connectivity index (χ4n) is 5.37. The summed E-state index contributed by atoms with van der Waals surface area (Å²) in [7, 11) is 0. The number of carbonyl (C=O) groups is 2. The molecule has 2 fully saturated rings. The predicted molar refractivity (Wildman–Crippen MR) is 114 cm³/mol. The van der Waals surface area contributed by atoms with Crippen LogP contribution in [0.4, 0.5) is 0 Å². The lowest BCUT2D eigenvalue weighted by molar-refractivity contribution is -0.133. The van der Waals surface area contributed by atoms with Crippen molar-refractivity contribution in [3.05, 3.63) is 47.7 Å². The number of carbonyl (C=O) groups excluding carboxylic acids is 2. The minimum absolute atomic E-state index is 0.0188. The number of aromatic nitrogens is 3. The maximum atomic E-state index is 13.1. The number of aromatic amines is 1. The third-order valence-corrected chi connectivity index (χ3v) is 6.80. The number of nitrogens with one attached hydrogen (secondary N) is 2. The van der Waals surface area contributed by atoms with Gasteiger partial charge in [-0.05, 0) is 31.7 Å². The number of aryl methyl sites for hydroxylation is 1. The van der Waals surface area contributed by atoms with Crippen LogP contribution >= 0.6 is 0 Å². The van der Waals surface area contributed by atoms with Gasteiger partial charge in [0.25, 0.3) is 5.91 Å². The van der Waals surface area contributed by atoms with Crippen LogP contribution in [0.2, 0.25) is 0 Å². The van der Waals surface area contributed by atoms with Crippen LogP contribution in [-0.4, -0.2) is 51.0 Å². The average Bonchev–Trinajstić information content (AvgIpc) is 3.48. The summed E-state index contributed by atoms with van der Waals surface area (Å²) < 4.78 is 5.61. The molecule has 1 unspecified atom stereocenters. The molecule has 2 aromatic heterocycles. The minimum Gasteiger partial charge on any atom is -0.360 e. The molecule has 0 bridgehead atoms. The van der Waals surface area contributed by atoms with Crippen LogP contribution in [-0.2, 0) is 10.2 Å². The lowest BCUT2D eigenvalue weighted by Gasteiger charge is -2.26. The summed E-state index contributed by atoms with van der Waals surface area (Å²) in [5, 5.41) is 8.13. The Hall–Kier alpha value is -3.16. The molecule has 5 rings (SSSR count). The Bertz CT molecular complexity index is 1150. The highest BCUT2D eigenvalue weighted by atomic mass is 16.5. The van der Waals surface area contributed by atoms with Crippen LogP contribution in [0, 0.1) is 18.8 Å². The van der Waals surface area contributed by atoms with Crippen molar-refractivity contribution in [2.24, 2.45) is 11.8 Å². The lowest BCUT2D eigenvalue weighted by Crippen LogP contribution is -2.40. The second kappa shape index (κ2) is 7.21. The number of rotatable bonds is 4. The van der Waals surface area contributed by atoms with E-state index in [1.165, 1.54) is 0 Å². The van der Waals surface area contributed by atoms with E-state index >= 15 is 0 Å². The third kappa shape index (κ3) is 3.21. The lowest BCUT2D eigenvalue weighted by atomic mass is 9.80. The van der Waals surface area contributed by atoms with Crippen LogP contribution < -0.4 is 5.32 Å². The molecule has 2 aliphatic rings. The summed E-state index contributed by atoms with van der Waals surface area (Å²) in [6.07, 6.45) is 3.21. The molecule has 2 amide bonds. The van der Waals surface area contributed by atoms with Gasteiger partial charge in [0.05, 0.1) is 11.0 Å². The molecule has 3 aromatic rings. The van der Waals surface area contributed by atoms with Gasteiger partial charge >= 0.3 is 0 Å². The molecule has 162 valence electrons. The van der Waals surface area contributed by atoms with Gasteiger partial charge in [-0.15, -0.1) is 0 Å². The summed E-state index contributed by atoms with van der Waals surface area (Å²) in [6.45, 7) is 6.85. The number of likely N-dealkylation sites (tertiary alicyclic amines) is 1. The number of nitrogens with zero attached hydrogens (tertiary/aromatic N) is 3. The van der Waals surface area contributed by atoms with Crippen molar-refractivity contribution in [2.75, 3.05) is 13.1 Å². The minimum atomic E-state index is -0.413. The Morgan fingerprint density at radius 1 is 1.32 bits per heavy atom. The molecule has 2 N–H and O–H groups in total. The highest BCUT2D eigenvalue weighted by molar-refractivity contribution is 6.06. The van der Waals surface area contributed by atoms with Crippen molar-refractivity contribution in [1.29, 1.82) is 0 Å². The van der Waals surface area contributed by atoms with Crippen molar-refractivity contribution >= 4 is 22.7 Å². The number of fused-ring (bicyclic) bond motifs is 2. The average molecular weight is 422 g/mol. The quantitative estimate of drug-likeness (QED) is 0.674. The maximum absolute atomic E-state index is 13.1. The zero-order chi connectivity index (χ0) is 21.8. The van der Waals surface area contributed by atoms with Crippen LogP contribution in [0.5, 0.6) is 0 Å². The van der Waals surface area contributed by atoms with Gasteiger partial charge in [-0.2, -0.15) is 4.98 Å². The van der Waals surface area contributed by atoms with Gasteiger partial charge in [0.2, 0.25) is 11.8 Å². The second-order valence-electron chi connectivity index (χ2n) is 9.23. The molecule has 1 saturated carbocycles. The highest BCUT2D eigenvalue weighted by Crippen LogP contribution is 2.50. The number of para-hydroxylation sites is 1. The van der Waals surface area contributed by atoms with Crippen LogP contribution in [0.25, 0.3) is 10.9 Å². The molecule has 1 aliphatic carbocycles. The Morgan fingerprint density at radius 3 is 2.87 bits per heavy atom. The van der Waals surface area contributed by atoms with E-state index < -0.39 is 5.41 Å². The smallest absolute Gasteiger partial charge is 0.253 e. The van der Waals surface area contributed by atoms with E-state index in [9.17, 15) is 9.59 Å². The molecule has 3 atom stereocenters. The molecule has 1 aliphatic heterocycles. The van der Waals surface area contributed by atoms with E-state index in [0.717, 1.165) is 17.3 Å². The predicted octanol–water partition coefficient (Wildman–Crippen LogP) is 2.80. The molecule has 8 nitrogen and oxygen atoms in total. The Morgan fingerprint density at radius 2 is 2.13 bits per heavy atom. The van der Waals surface area contributed by atoms with Gasteiger partial charge in [0.15, 0.2) is 5.82 Å². The third-order valence-electron chi connectivity index (χ3n) is 6.80. The van der Waals surface area contributed by atoms with Gasteiger partial charge in [-0.25, -0.2) is 0 Å². The molecule has 31 heavy (non-hydrogen) atoms. The molecule has 0 spiro atoms. The van der Waals surface area contributed by atoms with Gasteiger partial charge in [-0.1, -0.05) is 37.2 Å². The summed E-state index contributed by atoms with van der Waals surface area (Å²) in [4.78, 5) is 35.4. The normalized spacial score (nSPS) is 25.4. The number of hydrogen-bond acceptors (Lipinski definition) is 5. The molecule has 1 saturated heterocycles. The number of H-pyrrole nitrogens is 1. The van der Waals surface area contributed by atoms with Gasteiger partial charge in [0.1, 0.15) is 0 Å². The molecule has 8 heteroatoms. The Labute approximate surface area is 180 Å². The van der Waals surface area contributed by atoms with Crippen LogP contribution in [0.15, 0.2) is 35.0 Å². The summed E-state index contributed by atoms with van der Waals surface area (Å²) in [5.41, 5.74) is 1.17. The van der Waals surface area contributed by atoms with Gasteiger partial charge < -0.3 is 19.7 Å². The van der Waals surface area contributed by atoms with Crippen molar-refractivity contribution in [3.8, 4) is 0 Å². The monoisotopic (exact) mass is 421 g/mol. The van der Waals surface area contributed by atoms with E-state index in [1.807, 2.05) is 43.0 Å². The SMILES string of the molecule is Cc1noc([C@]23C[C@H](NC(=O)c4c[nH]c5ccccc45)CC2CN(C(=O)C(C)C)C3)n1. The molecule has 3 heterocycles. The van der Waals surface area contributed by atoms with E-state index in [4.69, 9.17) is 4.52 Å². The van der Waals surface area contributed by atoms with Crippen molar-refractivity contribution in [2.45, 2.75) is 45.1 Å². The summed E-state index contributed by atoms with van der Waals surface area (Å²) >= 11 is 0. The first-order valence-corrected chi connectivity index (χ1v) is 10.8. The molecule has 1 aromatic carbocycles. The standard InChI is InChI=1S/C23H27N5O3/c1-13(2)21(30)28-11-15-8-16(9-23(15,12-28)22-25-14(3)27-31-22)26-20(29)18-10-24-19-7-5-4-6-17(18)19/h4-7,10,13,15-16,24H,8-9,11-12H2,1-3H3,(H,26,29)/t15?,16-,23+/m1/s1. The highest BCUT2D eigenvalue weighted by Gasteiger charge is 2.58. The molecule has 0 radical (unpaired) electrons. The summed E-state index contributed by atoms with van der Waals surface area (Å²) in [5.74, 6) is 1.33. The second-order valence-corrected chi connectivity index (χ2v) is 9.23.